The van der Waals surface area contributed by atoms with E-state index in [4.69, 9.17) is 28.9 Å². The zero-order valence-electron chi connectivity index (χ0n) is 10.6. The van der Waals surface area contributed by atoms with Gasteiger partial charge in [0.05, 0.1) is 22.4 Å². The van der Waals surface area contributed by atoms with Crippen molar-refractivity contribution >= 4 is 39.1 Å². The van der Waals surface area contributed by atoms with Crippen LogP contribution in [-0.2, 0) is 0 Å². The highest BCUT2D eigenvalue weighted by molar-refractivity contribution is 9.10. The van der Waals surface area contributed by atoms with Crippen molar-refractivity contribution in [1.29, 1.82) is 0 Å². The lowest BCUT2D eigenvalue weighted by Crippen LogP contribution is -2.19. The predicted molar refractivity (Wildman–Crippen MR) is 82.8 cm³/mol. The fourth-order valence-electron chi connectivity index (χ4n) is 1.95. The Kier molecular flexibility index (Phi) is 4.56. The molecular weight excluding hydrogens is 349 g/mol. The Morgan fingerprint density at radius 2 is 2.00 bits per heavy atom. The van der Waals surface area contributed by atoms with Gasteiger partial charge in [-0.2, -0.15) is 5.10 Å². The monoisotopic (exact) mass is 361 g/mol. The third-order valence-electron chi connectivity index (χ3n) is 2.87. The lowest BCUT2D eigenvalue weighted by atomic mass is 10.0. The summed E-state index contributed by atoms with van der Waals surface area (Å²) < 4.78 is 2.76. The number of nitrogens with zero attached hydrogens (tertiary/aromatic N) is 2. The van der Waals surface area contributed by atoms with Crippen LogP contribution < -0.4 is 5.73 Å². The molecule has 1 aromatic carbocycles. The van der Waals surface area contributed by atoms with E-state index < -0.39 is 0 Å². The van der Waals surface area contributed by atoms with Gasteiger partial charge in [0, 0.05) is 16.1 Å². The van der Waals surface area contributed by atoms with Crippen LogP contribution in [0.25, 0.3) is 0 Å². The number of nitrogens with two attached hydrogens (primary N) is 1. The van der Waals surface area contributed by atoms with Crippen LogP contribution in [0.1, 0.15) is 37.2 Å². The molecule has 0 aliphatic rings. The van der Waals surface area contributed by atoms with Crippen molar-refractivity contribution < 1.29 is 0 Å². The van der Waals surface area contributed by atoms with Crippen molar-refractivity contribution in [1.82, 2.24) is 9.78 Å². The molecule has 1 heterocycles. The van der Waals surface area contributed by atoms with E-state index in [-0.39, 0.29) is 12.1 Å². The third-order valence-corrected chi connectivity index (χ3v) is 4.04. The van der Waals surface area contributed by atoms with E-state index in [1.165, 1.54) is 0 Å². The van der Waals surface area contributed by atoms with Crippen LogP contribution in [0.15, 0.2) is 28.9 Å². The normalized spacial score (nSPS) is 13.0. The van der Waals surface area contributed by atoms with Gasteiger partial charge in [-0.1, -0.05) is 29.3 Å². The molecule has 0 spiro atoms. The Morgan fingerprint density at radius 3 is 2.58 bits per heavy atom. The van der Waals surface area contributed by atoms with Crippen molar-refractivity contribution in [2.75, 3.05) is 0 Å². The van der Waals surface area contributed by atoms with Crippen molar-refractivity contribution in [3.05, 3.63) is 50.2 Å². The highest BCUT2D eigenvalue weighted by Gasteiger charge is 2.21. The standard InChI is InChI=1S/C13H14BrCl2N3/c1-7(2)19-13(10(14)6-18-19)12(17)9-4-3-8(15)5-11(9)16/h3-7,12H,17H2,1-2H3. The van der Waals surface area contributed by atoms with Crippen molar-refractivity contribution in [3.63, 3.8) is 0 Å². The highest BCUT2D eigenvalue weighted by Crippen LogP contribution is 2.33. The molecule has 2 N–H and O–H groups in total. The Hall–Kier alpha value is -0.550. The van der Waals surface area contributed by atoms with Gasteiger partial charge in [-0.05, 0) is 47.5 Å². The third kappa shape index (κ3) is 2.97. The van der Waals surface area contributed by atoms with Gasteiger partial charge in [-0.15, -0.1) is 0 Å². The summed E-state index contributed by atoms with van der Waals surface area (Å²) in [7, 11) is 0. The topological polar surface area (TPSA) is 43.8 Å². The molecule has 0 saturated carbocycles. The van der Waals surface area contributed by atoms with E-state index in [1.54, 1.807) is 18.3 Å². The number of halogens is 3. The summed E-state index contributed by atoms with van der Waals surface area (Å²) in [6, 6.07) is 5.19. The Bertz CT molecular complexity index is 596. The first-order chi connectivity index (χ1) is 8.91. The van der Waals surface area contributed by atoms with Crippen LogP contribution in [-0.4, -0.2) is 9.78 Å². The first kappa shape index (κ1) is 14.9. The van der Waals surface area contributed by atoms with Crippen molar-refractivity contribution in [2.45, 2.75) is 25.9 Å². The van der Waals surface area contributed by atoms with Gasteiger partial charge in [-0.3, -0.25) is 4.68 Å². The summed E-state index contributed by atoms with van der Waals surface area (Å²) in [6.45, 7) is 4.11. The summed E-state index contributed by atoms with van der Waals surface area (Å²) in [5.41, 5.74) is 8.06. The van der Waals surface area contributed by atoms with Gasteiger partial charge in [0.1, 0.15) is 0 Å². The summed E-state index contributed by atoms with van der Waals surface area (Å²) >= 11 is 15.6. The van der Waals surface area contributed by atoms with Gasteiger partial charge >= 0.3 is 0 Å². The predicted octanol–water partition coefficient (Wildman–Crippen LogP) is 4.58. The fourth-order valence-corrected chi connectivity index (χ4v) is 3.00. The second-order valence-corrected chi connectivity index (χ2v) is 6.26. The summed E-state index contributed by atoms with van der Waals surface area (Å²) in [4.78, 5) is 0. The smallest absolute Gasteiger partial charge is 0.0749 e. The first-order valence-electron chi connectivity index (χ1n) is 5.85. The van der Waals surface area contributed by atoms with Crippen LogP contribution in [0, 0.1) is 0 Å². The van der Waals surface area contributed by atoms with E-state index in [0.29, 0.717) is 10.0 Å². The molecule has 102 valence electrons. The minimum absolute atomic E-state index is 0.221. The van der Waals surface area contributed by atoms with Crippen LogP contribution in [0.4, 0.5) is 0 Å². The molecule has 1 aromatic heterocycles. The molecule has 2 aromatic rings. The van der Waals surface area contributed by atoms with E-state index in [1.807, 2.05) is 10.7 Å². The minimum atomic E-state index is -0.357. The van der Waals surface area contributed by atoms with Gasteiger partial charge in [-0.25, -0.2) is 0 Å². The average Bonchev–Trinajstić information content (AvgIpc) is 2.70. The van der Waals surface area contributed by atoms with Gasteiger partial charge < -0.3 is 5.73 Å². The maximum atomic E-state index is 6.33. The molecule has 0 aliphatic heterocycles. The number of rotatable bonds is 3. The largest absolute Gasteiger partial charge is 0.319 e. The summed E-state index contributed by atoms with van der Waals surface area (Å²) in [5.74, 6) is 0. The molecule has 1 unspecified atom stereocenters. The van der Waals surface area contributed by atoms with Crippen molar-refractivity contribution in [3.8, 4) is 0 Å². The quantitative estimate of drug-likeness (QED) is 0.868. The van der Waals surface area contributed by atoms with Gasteiger partial charge in [0.25, 0.3) is 0 Å². The fraction of sp³-hybridized carbons (Fsp3) is 0.308. The molecule has 0 amide bonds. The first-order valence-corrected chi connectivity index (χ1v) is 7.40. The summed E-state index contributed by atoms with van der Waals surface area (Å²) in [5, 5.41) is 5.48. The van der Waals surface area contributed by atoms with Gasteiger partial charge in [0.15, 0.2) is 0 Å². The second-order valence-electron chi connectivity index (χ2n) is 4.56. The molecule has 3 nitrogen and oxygen atoms in total. The average molecular weight is 363 g/mol. The molecule has 0 fully saturated rings. The molecule has 2 rings (SSSR count). The maximum absolute atomic E-state index is 6.33. The zero-order chi connectivity index (χ0) is 14.2. The lowest BCUT2D eigenvalue weighted by Gasteiger charge is -2.19. The van der Waals surface area contributed by atoms with Crippen LogP contribution >= 0.6 is 39.1 Å². The second kappa shape index (κ2) is 5.83. The SMILES string of the molecule is CC(C)n1ncc(Br)c1C(N)c1ccc(Cl)cc1Cl. The molecule has 0 radical (unpaired) electrons. The molecule has 0 aliphatic carbocycles. The lowest BCUT2D eigenvalue weighted by molar-refractivity contribution is 0.498. The Labute approximate surface area is 130 Å². The van der Waals surface area contributed by atoms with Gasteiger partial charge in [0.2, 0.25) is 0 Å². The van der Waals surface area contributed by atoms with Crippen LogP contribution in [0.5, 0.6) is 0 Å². The number of hydrogen-bond donors (Lipinski definition) is 1. The molecule has 0 bridgehead atoms. The zero-order valence-corrected chi connectivity index (χ0v) is 13.7. The number of hydrogen-bond acceptors (Lipinski definition) is 2. The van der Waals surface area contributed by atoms with E-state index >= 15 is 0 Å². The Morgan fingerprint density at radius 1 is 1.32 bits per heavy atom. The molecule has 0 saturated heterocycles. The summed E-state index contributed by atoms with van der Waals surface area (Å²) in [6.07, 6.45) is 1.75. The van der Waals surface area contributed by atoms with Crippen LogP contribution in [0.2, 0.25) is 10.0 Å². The number of benzene rings is 1. The molecule has 6 heteroatoms. The van der Waals surface area contributed by atoms with Crippen molar-refractivity contribution in [2.24, 2.45) is 5.73 Å². The van der Waals surface area contributed by atoms with E-state index in [2.05, 4.69) is 34.9 Å². The number of aromatic nitrogens is 2. The Balaban J connectivity index is 2.49. The molecule has 1 atom stereocenters. The minimum Gasteiger partial charge on any atom is -0.319 e. The van der Waals surface area contributed by atoms with Crippen LogP contribution in [0.3, 0.4) is 0 Å². The molecular formula is C13H14BrCl2N3. The van der Waals surface area contributed by atoms with E-state index in [0.717, 1.165) is 15.7 Å². The van der Waals surface area contributed by atoms with E-state index in [9.17, 15) is 0 Å². The maximum Gasteiger partial charge on any atom is 0.0749 e. The highest BCUT2D eigenvalue weighted by atomic mass is 79.9. The molecule has 19 heavy (non-hydrogen) atoms.